The minimum Gasteiger partial charge on any atom is -0.469 e. The SMILES string of the molecule is COC(=O)C(C(C)C)C(O)c1ccc(Br)c2cccnc12. The Morgan fingerprint density at radius 2 is 2.05 bits per heavy atom. The molecule has 0 spiro atoms. The molecule has 0 aliphatic carbocycles. The Balaban J connectivity index is 2.55. The van der Waals surface area contributed by atoms with Gasteiger partial charge >= 0.3 is 5.97 Å². The summed E-state index contributed by atoms with van der Waals surface area (Å²) in [6.07, 6.45) is 0.719. The van der Waals surface area contributed by atoms with Gasteiger partial charge in [-0.15, -0.1) is 0 Å². The molecule has 0 aliphatic rings. The summed E-state index contributed by atoms with van der Waals surface area (Å²) in [7, 11) is 1.34. The molecule has 2 aromatic rings. The molecule has 112 valence electrons. The van der Waals surface area contributed by atoms with Gasteiger partial charge < -0.3 is 9.84 Å². The lowest BCUT2D eigenvalue weighted by Crippen LogP contribution is -2.28. The van der Waals surface area contributed by atoms with E-state index >= 15 is 0 Å². The number of halogens is 1. The summed E-state index contributed by atoms with van der Waals surface area (Å²) >= 11 is 3.48. The Morgan fingerprint density at radius 1 is 1.33 bits per heavy atom. The number of benzene rings is 1. The molecule has 1 aromatic carbocycles. The monoisotopic (exact) mass is 351 g/mol. The second-order valence-corrected chi connectivity index (χ2v) is 6.13. The highest BCUT2D eigenvalue weighted by atomic mass is 79.9. The van der Waals surface area contributed by atoms with Gasteiger partial charge in [-0.1, -0.05) is 41.9 Å². The first-order chi connectivity index (χ1) is 9.97. The number of carbonyl (C=O) groups is 1. The van der Waals surface area contributed by atoms with Crippen molar-refractivity contribution < 1.29 is 14.6 Å². The van der Waals surface area contributed by atoms with E-state index in [1.165, 1.54) is 7.11 Å². The van der Waals surface area contributed by atoms with Crippen LogP contribution in [0.25, 0.3) is 10.9 Å². The van der Waals surface area contributed by atoms with E-state index in [4.69, 9.17) is 4.74 Å². The third-order valence-electron chi connectivity index (χ3n) is 3.60. The number of aliphatic hydroxyl groups excluding tert-OH is 1. The van der Waals surface area contributed by atoms with Gasteiger partial charge in [0.25, 0.3) is 0 Å². The number of aromatic nitrogens is 1. The largest absolute Gasteiger partial charge is 0.469 e. The Kier molecular flexibility index (Phi) is 4.96. The first-order valence-corrected chi connectivity index (χ1v) is 7.55. The van der Waals surface area contributed by atoms with Crippen molar-refractivity contribution in [1.82, 2.24) is 4.98 Å². The minimum absolute atomic E-state index is 0.0464. The van der Waals surface area contributed by atoms with Gasteiger partial charge in [0, 0.05) is 21.6 Å². The quantitative estimate of drug-likeness (QED) is 0.856. The summed E-state index contributed by atoms with van der Waals surface area (Å²) < 4.78 is 5.73. The van der Waals surface area contributed by atoms with E-state index < -0.39 is 18.0 Å². The van der Waals surface area contributed by atoms with Gasteiger partial charge in [-0.05, 0) is 18.1 Å². The molecule has 5 heteroatoms. The molecule has 0 amide bonds. The molecule has 0 radical (unpaired) electrons. The van der Waals surface area contributed by atoms with Crippen molar-refractivity contribution in [3.05, 3.63) is 40.5 Å². The zero-order chi connectivity index (χ0) is 15.6. The number of hydrogen-bond donors (Lipinski definition) is 1. The van der Waals surface area contributed by atoms with Crippen LogP contribution in [0.5, 0.6) is 0 Å². The van der Waals surface area contributed by atoms with Gasteiger partial charge in [-0.3, -0.25) is 9.78 Å². The highest BCUT2D eigenvalue weighted by molar-refractivity contribution is 9.10. The lowest BCUT2D eigenvalue weighted by molar-refractivity contribution is -0.151. The molecule has 2 unspecified atom stereocenters. The van der Waals surface area contributed by atoms with Crippen LogP contribution in [-0.4, -0.2) is 23.2 Å². The van der Waals surface area contributed by atoms with E-state index in [0.29, 0.717) is 11.1 Å². The Bertz CT molecular complexity index is 657. The van der Waals surface area contributed by atoms with Crippen molar-refractivity contribution in [3.63, 3.8) is 0 Å². The van der Waals surface area contributed by atoms with E-state index in [1.54, 1.807) is 12.3 Å². The smallest absolute Gasteiger partial charge is 0.311 e. The van der Waals surface area contributed by atoms with E-state index in [2.05, 4.69) is 20.9 Å². The van der Waals surface area contributed by atoms with Gasteiger partial charge in [-0.25, -0.2) is 0 Å². The molecule has 0 bridgehead atoms. The molecule has 1 aromatic heterocycles. The number of aliphatic hydroxyl groups is 1. The molecule has 0 saturated heterocycles. The summed E-state index contributed by atoms with van der Waals surface area (Å²) in [5.74, 6) is -1.08. The van der Waals surface area contributed by atoms with Crippen molar-refractivity contribution >= 4 is 32.8 Å². The zero-order valence-electron chi connectivity index (χ0n) is 12.2. The van der Waals surface area contributed by atoms with Crippen LogP contribution in [-0.2, 0) is 9.53 Å². The maximum absolute atomic E-state index is 12.0. The standard InChI is InChI=1S/C16H18BrNO3/c1-9(2)13(16(20)21-3)15(19)11-6-7-12(17)10-5-4-8-18-14(10)11/h4-9,13,15,19H,1-3H3. The Morgan fingerprint density at radius 3 is 2.67 bits per heavy atom. The lowest BCUT2D eigenvalue weighted by Gasteiger charge is -2.25. The summed E-state index contributed by atoms with van der Waals surface area (Å²) in [5.41, 5.74) is 1.33. The first-order valence-electron chi connectivity index (χ1n) is 6.76. The van der Waals surface area contributed by atoms with Crippen LogP contribution in [0.15, 0.2) is 34.9 Å². The van der Waals surface area contributed by atoms with E-state index in [1.807, 2.05) is 32.0 Å². The third-order valence-corrected chi connectivity index (χ3v) is 4.29. The maximum atomic E-state index is 12.0. The van der Waals surface area contributed by atoms with Crippen LogP contribution in [0.1, 0.15) is 25.5 Å². The summed E-state index contributed by atoms with van der Waals surface area (Å²) in [6, 6.07) is 7.41. The number of ether oxygens (including phenoxy) is 1. The molecule has 0 aliphatic heterocycles. The third kappa shape index (κ3) is 3.09. The average molecular weight is 352 g/mol. The summed E-state index contributed by atoms with van der Waals surface area (Å²) in [5, 5.41) is 11.6. The zero-order valence-corrected chi connectivity index (χ0v) is 13.8. The number of nitrogens with zero attached hydrogens (tertiary/aromatic N) is 1. The number of esters is 1. The fourth-order valence-corrected chi connectivity index (χ4v) is 2.95. The van der Waals surface area contributed by atoms with Gasteiger partial charge in [0.1, 0.15) is 0 Å². The van der Waals surface area contributed by atoms with Gasteiger partial charge in [0.05, 0.1) is 24.6 Å². The van der Waals surface area contributed by atoms with E-state index in [9.17, 15) is 9.90 Å². The molecule has 21 heavy (non-hydrogen) atoms. The maximum Gasteiger partial charge on any atom is 0.311 e. The highest BCUT2D eigenvalue weighted by Gasteiger charge is 2.33. The van der Waals surface area contributed by atoms with Crippen molar-refractivity contribution in [2.75, 3.05) is 7.11 Å². The number of rotatable bonds is 4. The van der Waals surface area contributed by atoms with Crippen LogP contribution >= 0.6 is 15.9 Å². The van der Waals surface area contributed by atoms with Crippen molar-refractivity contribution in [2.45, 2.75) is 20.0 Å². The second kappa shape index (κ2) is 6.54. The second-order valence-electron chi connectivity index (χ2n) is 5.27. The number of pyridine rings is 1. The highest BCUT2D eigenvalue weighted by Crippen LogP contribution is 2.35. The summed E-state index contributed by atoms with van der Waals surface area (Å²) in [6.45, 7) is 3.78. The van der Waals surface area contributed by atoms with Gasteiger partial charge in [-0.2, -0.15) is 0 Å². The molecule has 4 nitrogen and oxygen atoms in total. The normalized spacial score (nSPS) is 14.2. The predicted octanol–water partition coefficient (Wildman–Crippen LogP) is 3.48. The van der Waals surface area contributed by atoms with Crippen molar-refractivity contribution in [3.8, 4) is 0 Å². The molecule has 1 heterocycles. The summed E-state index contributed by atoms with van der Waals surface area (Å²) in [4.78, 5) is 16.3. The molecule has 1 N–H and O–H groups in total. The molecule has 0 saturated carbocycles. The number of fused-ring (bicyclic) bond motifs is 1. The molecular weight excluding hydrogens is 334 g/mol. The van der Waals surface area contributed by atoms with Crippen LogP contribution in [0.4, 0.5) is 0 Å². The van der Waals surface area contributed by atoms with Crippen LogP contribution in [0, 0.1) is 11.8 Å². The fourth-order valence-electron chi connectivity index (χ4n) is 2.49. The first kappa shape index (κ1) is 15.9. The van der Waals surface area contributed by atoms with Crippen LogP contribution < -0.4 is 0 Å². The van der Waals surface area contributed by atoms with Crippen molar-refractivity contribution in [2.24, 2.45) is 11.8 Å². The van der Waals surface area contributed by atoms with E-state index in [-0.39, 0.29) is 5.92 Å². The van der Waals surface area contributed by atoms with E-state index in [0.717, 1.165) is 9.86 Å². The molecule has 2 rings (SSSR count). The van der Waals surface area contributed by atoms with Crippen molar-refractivity contribution in [1.29, 1.82) is 0 Å². The lowest BCUT2D eigenvalue weighted by atomic mass is 9.86. The van der Waals surface area contributed by atoms with Crippen LogP contribution in [0.2, 0.25) is 0 Å². The van der Waals surface area contributed by atoms with Crippen LogP contribution in [0.3, 0.4) is 0 Å². The Labute approximate surface area is 132 Å². The van der Waals surface area contributed by atoms with Gasteiger partial charge in [0.2, 0.25) is 0 Å². The number of carbonyl (C=O) groups excluding carboxylic acids is 1. The molecule has 0 fully saturated rings. The number of hydrogen-bond acceptors (Lipinski definition) is 4. The average Bonchev–Trinajstić information content (AvgIpc) is 2.47. The fraction of sp³-hybridized carbons (Fsp3) is 0.375. The number of methoxy groups -OCH3 is 1. The predicted molar refractivity (Wildman–Crippen MR) is 84.7 cm³/mol. The topological polar surface area (TPSA) is 59.4 Å². The van der Waals surface area contributed by atoms with Gasteiger partial charge in [0.15, 0.2) is 0 Å². The Hall–Kier alpha value is -1.46. The minimum atomic E-state index is -0.956. The molecular formula is C16H18BrNO3. The molecule has 2 atom stereocenters.